The maximum absolute atomic E-state index is 4.99. The van der Waals surface area contributed by atoms with Crippen LogP contribution in [0, 0.1) is 0 Å². The highest BCUT2D eigenvalue weighted by Gasteiger charge is 2.06. The first kappa shape index (κ1) is 6.76. The van der Waals surface area contributed by atoms with Crippen molar-refractivity contribution in [2.75, 3.05) is 13.8 Å². The van der Waals surface area contributed by atoms with Crippen LogP contribution in [0.25, 0.3) is 0 Å². The van der Waals surface area contributed by atoms with Crippen LogP contribution in [-0.4, -0.2) is 19.2 Å². The zero-order chi connectivity index (χ0) is 6.69. The van der Waals surface area contributed by atoms with Crippen LogP contribution >= 0.6 is 8.58 Å². The molecule has 0 bridgehead atoms. The Labute approximate surface area is 56.8 Å². The third-order valence-corrected chi connectivity index (χ3v) is 2.14. The van der Waals surface area contributed by atoms with E-state index in [-0.39, 0.29) is 0 Å². The van der Waals surface area contributed by atoms with Gasteiger partial charge in [-0.2, -0.15) is 0 Å². The van der Waals surface area contributed by atoms with Crippen molar-refractivity contribution in [3.63, 3.8) is 0 Å². The van der Waals surface area contributed by atoms with E-state index in [1.165, 1.54) is 5.45 Å². The van der Waals surface area contributed by atoms with E-state index < -0.39 is 0 Å². The van der Waals surface area contributed by atoms with Crippen molar-refractivity contribution in [2.24, 2.45) is 4.99 Å². The minimum absolute atomic E-state index is 0.818. The second kappa shape index (κ2) is 2.98. The Hall–Kier alpha value is -0.360. The fourth-order valence-corrected chi connectivity index (χ4v) is 1.23. The standard InChI is InChI=1S/C6H10NOP/c1-8-5-3-6(9-2)7-4-5/h4,9H,3H2,1-2H3. The second-order valence-corrected chi connectivity index (χ2v) is 2.88. The highest BCUT2D eigenvalue weighted by molar-refractivity contribution is 7.57. The van der Waals surface area contributed by atoms with E-state index in [2.05, 4.69) is 11.7 Å². The normalized spacial score (nSPS) is 18.4. The Kier molecular flexibility index (Phi) is 2.23. The van der Waals surface area contributed by atoms with E-state index in [4.69, 9.17) is 4.74 Å². The topological polar surface area (TPSA) is 21.6 Å². The Balaban J connectivity index is 2.43. The molecule has 0 fully saturated rings. The minimum Gasteiger partial charge on any atom is -0.499 e. The summed E-state index contributed by atoms with van der Waals surface area (Å²) in [4.78, 5) is 4.15. The summed E-state index contributed by atoms with van der Waals surface area (Å²) in [7, 11) is 2.50. The predicted molar refractivity (Wildman–Crippen MR) is 41.4 cm³/mol. The molecule has 1 aliphatic rings. The summed E-state index contributed by atoms with van der Waals surface area (Å²) in [6.45, 7) is 2.13. The molecule has 0 aromatic carbocycles. The van der Waals surface area contributed by atoms with Gasteiger partial charge >= 0.3 is 0 Å². The molecule has 9 heavy (non-hydrogen) atoms. The van der Waals surface area contributed by atoms with Crippen LogP contribution in [0.4, 0.5) is 0 Å². The zero-order valence-corrected chi connectivity index (χ0v) is 6.64. The van der Waals surface area contributed by atoms with E-state index in [1.54, 1.807) is 13.3 Å². The molecule has 0 aromatic rings. The van der Waals surface area contributed by atoms with Crippen molar-refractivity contribution in [3.05, 3.63) is 12.0 Å². The number of methoxy groups -OCH3 is 1. The summed E-state index contributed by atoms with van der Waals surface area (Å²) in [5.41, 5.74) is 1.24. The van der Waals surface area contributed by atoms with E-state index >= 15 is 0 Å². The quantitative estimate of drug-likeness (QED) is 0.538. The number of aliphatic imine (C=N–C) groups is 1. The largest absolute Gasteiger partial charge is 0.499 e. The zero-order valence-electron chi connectivity index (χ0n) is 5.64. The van der Waals surface area contributed by atoms with Gasteiger partial charge in [0.05, 0.1) is 13.3 Å². The molecule has 0 aromatic heterocycles. The first-order valence-electron chi connectivity index (χ1n) is 2.84. The molecule has 1 atom stereocenters. The molecule has 3 heteroatoms. The molecule has 1 aliphatic heterocycles. The maximum Gasteiger partial charge on any atom is 0.120 e. The lowest BCUT2D eigenvalue weighted by molar-refractivity contribution is 0.289. The lowest BCUT2D eigenvalue weighted by atomic mass is 10.4. The number of hydrogen-bond donors (Lipinski definition) is 0. The average Bonchev–Trinajstić information content (AvgIpc) is 2.34. The van der Waals surface area contributed by atoms with Crippen LogP contribution in [0.15, 0.2) is 17.0 Å². The number of ether oxygens (including phenoxy) is 1. The molecule has 0 radical (unpaired) electrons. The SMILES string of the molecule is COC1=CN=C(PC)C1. The monoisotopic (exact) mass is 143 g/mol. The molecular weight excluding hydrogens is 133 g/mol. The Morgan fingerprint density at radius 2 is 2.56 bits per heavy atom. The van der Waals surface area contributed by atoms with Gasteiger partial charge in [0.15, 0.2) is 0 Å². The molecule has 0 N–H and O–H groups in total. The van der Waals surface area contributed by atoms with E-state index in [1.807, 2.05) is 0 Å². The van der Waals surface area contributed by atoms with Gasteiger partial charge in [-0.15, -0.1) is 0 Å². The molecule has 2 nitrogen and oxygen atoms in total. The number of nitrogens with zero attached hydrogens (tertiary/aromatic N) is 1. The molecule has 0 saturated carbocycles. The molecule has 50 valence electrons. The summed E-state index contributed by atoms with van der Waals surface area (Å²) >= 11 is 0. The van der Waals surface area contributed by atoms with Crippen molar-refractivity contribution in [3.8, 4) is 0 Å². The van der Waals surface area contributed by atoms with Crippen molar-refractivity contribution in [2.45, 2.75) is 6.42 Å². The summed E-state index contributed by atoms with van der Waals surface area (Å²) in [6.07, 6.45) is 2.72. The molecule has 0 saturated heterocycles. The summed E-state index contributed by atoms with van der Waals surface area (Å²) < 4.78 is 4.99. The van der Waals surface area contributed by atoms with Gasteiger partial charge in [-0.05, 0) is 6.66 Å². The summed E-state index contributed by atoms with van der Waals surface area (Å²) in [5, 5.41) is 0. The van der Waals surface area contributed by atoms with Gasteiger partial charge in [-0.3, -0.25) is 4.99 Å². The fraction of sp³-hybridized carbons (Fsp3) is 0.500. The van der Waals surface area contributed by atoms with Gasteiger partial charge in [-0.25, -0.2) is 0 Å². The molecule has 0 amide bonds. The highest BCUT2D eigenvalue weighted by atomic mass is 31.1. The van der Waals surface area contributed by atoms with E-state index in [0.29, 0.717) is 0 Å². The third-order valence-electron chi connectivity index (χ3n) is 1.26. The number of rotatable bonds is 2. The van der Waals surface area contributed by atoms with Gasteiger partial charge < -0.3 is 4.74 Å². The number of allylic oxidation sites excluding steroid dienone is 1. The third kappa shape index (κ3) is 1.52. The van der Waals surface area contributed by atoms with Crippen LogP contribution in [0.1, 0.15) is 6.42 Å². The smallest absolute Gasteiger partial charge is 0.120 e. The lowest BCUT2D eigenvalue weighted by Gasteiger charge is -1.97. The number of hydrogen-bond acceptors (Lipinski definition) is 2. The van der Waals surface area contributed by atoms with Crippen LogP contribution < -0.4 is 0 Å². The summed E-state index contributed by atoms with van der Waals surface area (Å²) in [6, 6.07) is 0. The predicted octanol–water partition coefficient (Wildman–Crippen LogP) is 1.58. The average molecular weight is 143 g/mol. The maximum atomic E-state index is 4.99. The van der Waals surface area contributed by atoms with Crippen molar-refractivity contribution >= 4 is 14.0 Å². The second-order valence-electron chi connectivity index (χ2n) is 1.80. The van der Waals surface area contributed by atoms with Gasteiger partial charge in [0.1, 0.15) is 5.76 Å². The van der Waals surface area contributed by atoms with E-state index in [0.717, 1.165) is 20.8 Å². The molecule has 0 spiro atoms. The highest BCUT2D eigenvalue weighted by Crippen LogP contribution is 2.21. The van der Waals surface area contributed by atoms with E-state index in [9.17, 15) is 0 Å². The van der Waals surface area contributed by atoms with Gasteiger partial charge in [-0.1, -0.05) is 8.58 Å². The Morgan fingerprint density at radius 3 is 2.89 bits per heavy atom. The lowest BCUT2D eigenvalue weighted by Crippen LogP contribution is -1.87. The molecule has 1 unspecified atom stereocenters. The van der Waals surface area contributed by atoms with Crippen molar-refractivity contribution in [1.29, 1.82) is 0 Å². The van der Waals surface area contributed by atoms with Gasteiger partial charge in [0.25, 0.3) is 0 Å². The van der Waals surface area contributed by atoms with Gasteiger partial charge in [0, 0.05) is 11.9 Å². The first-order valence-corrected chi connectivity index (χ1v) is 4.34. The molecular formula is C6H10NOP. The van der Waals surface area contributed by atoms with Crippen molar-refractivity contribution in [1.82, 2.24) is 0 Å². The Morgan fingerprint density at radius 1 is 1.78 bits per heavy atom. The summed E-state index contributed by atoms with van der Waals surface area (Å²) in [5.74, 6) is 0.986. The fourth-order valence-electron chi connectivity index (χ4n) is 0.684. The van der Waals surface area contributed by atoms with Crippen LogP contribution in [-0.2, 0) is 4.74 Å². The minimum atomic E-state index is 0.818. The van der Waals surface area contributed by atoms with Crippen LogP contribution in [0.3, 0.4) is 0 Å². The van der Waals surface area contributed by atoms with Crippen molar-refractivity contribution < 1.29 is 4.74 Å². The first-order chi connectivity index (χ1) is 4.36. The molecule has 1 rings (SSSR count). The van der Waals surface area contributed by atoms with Crippen LogP contribution in [0.5, 0.6) is 0 Å². The molecule has 1 heterocycles. The Bertz CT molecular complexity index is 144. The van der Waals surface area contributed by atoms with Gasteiger partial charge in [0.2, 0.25) is 0 Å². The molecule has 0 aliphatic carbocycles. The van der Waals surface area contributed by atoms with Crippen LogP contribution in [0.2, 0.25) is 0 Å².